The number of alkyl halides is 3. The van der Waals surface area contributed by atoms with Gasteiger partial charge in [0.05, 0.1) is 17.6 Å². The van der Waals surface area contributed by atoms with Crippen molar-refractivity contribution in [2.45, 2.75) is 19.5 Å². The number of imidazole rings is 1. The van der Waals surface area contributed by atoms with E-state index in [2.05, 4.69) is 4.98 Å². The Morgan fingerprint density at radius 3 is 2.47 bits per heavy atom. The van der Waals surface area contributed by atoms with Crippen LogP contribution in [0.15, 0.2) is 30.7 Å². The number of nitrogens with zero attached hydrogens (tertiary/aromatic N) is 2. The smallest absolute Gasteiger partial charge is 0.399 e. The molecule has 0 radical (unpaired) electrons. The van der Waals surface area contributed by atoms with E-state index in [1.54, 1.807) is 6.20 Å². The van der Waals surface area contributed by atoms with Crippen LogP contribution in [0.5, 0.6) is 0 Å². The Morgan fingerprint density at radius 2 is 1.95 bits per heavy atom. The topological polar surface area (TPSA) is 43.8 Å². The molecule has 0 unspecified atom stereocenters. The molecule has 0 saturated heterocycles. The van der Waals surface area contributed by atoms with Crippen LogP contribution in [-0.2, 0) is 12.6 Å². The van der Waals surface area contributed by atoms with Crippen molar-refractivity contribution in [3.05, 3.63) is 42.0 Å². The molecular formula is C12H13ClF3N3. The quantitative estimate of drug-likeness (QED) is 0.861. The number of nitrogen functional groups attached to an aromatic ring is 1. The molecule has 0 fully saturated rings. The molecule has 2 aromatic rings. The first kappa shape index (κ1) is 15.4. The van der Waals surface area contributed by atoms with Crippen LogP contribution in [0.3, 0.4) is 0 Å². The summed E-state index contributed by atoms with van der Waals surface area (Å²) in [6, 6.07) is 3.45. The van der Waals surface area contributed by atoms with Gasteiger partial charge in [0, 0.05) is 17.6 Å². The van der Waals surface area contributed by atoms with Gasteiger partial charge >= 0.3 is 6.18 Å². The Hall–Kier alpha value is -1.69. The predicted molar refractivity (Wildman–Crippen MR) is 69.6 cm³/mol. The molecule has 0 atom stereocenters. The number of hydrogen-bond donors (Lipinski definition) is 1. The normalized spacial score (nSPS) is 11.2. The molecule has 104 valence electrons. The summed E-state index contributed by atoms with van der Waals surface area (Å²) in [5, 5.41) is 0. The lowest BCUT2D eigenvalue weighted by molar-refractivity contribution is -0.137. The Kier molecular flexibility index (Phi) is 4.47. The van der Waals surface area contributed by atoms with Crippen LogP contribution in [0.2, 0.25) is 0 Å². The van der Waals surface area contributed by atoms with Gasteiger partial charge in [-0.25, -0.2) is 4.98 Å². The van der Waals surface area contributed by atoms with Crippen LogP contribution in [0.4, 0.5) is 18.9 Å². The van der Waals surface area contributed by atoms with Crippen molar-refractivity contribution in [1.29, 1.82) is 0 Å². The SMILES string of the molecule is CCc1cn(-c2cc(N)cc(C(F)(F)F)c2)cn1.Cl. The summed E-state index contributed by atoms with van der Waals surface area (Å²) in [4.78, 5) is 4.07. The van der Waals surface area contributed by atoms with E-state index in [1.165, 1.54) is 17.0 Å². The Bertz CT molecular complexity index is 564. The standard InChI is InChI=1S/C12H12F3N3.ClH/c1-2-10-6-18(7-17-10)11-4-8(12(13,14)15)3-9(16)5-11;/h3-7H,2,16H2,1H3;1H. The molecule has 2 N–H and O–H groups in total. The second-order valence-corrected chi connectivity index (χ2v) is 3.94. The van der Waals surface area contributed by atoms with Crippen LogP contribution < -0.4 is 5.73 Å². The van der Waals surface area contributed by atoms with Crippen molar-refractivity contribution >= 4 is 18.1 Å². The lowest BCUT2D eigenvalue weighted by Gasteiger charge is -2.10. The first-order valence-electron chi connectivity index (χ1n) is 5.41. The van der Waals surface area contributed by atoms with Gasteiger partial charge in [-0.2, -0.15) is 13.2 Å². The summed E-state index contributed by atoms with van der Waals surface area (Å²) in [6.07, 6.45) is -0.511. The second kappa shape index (κ2) is 5.52. The number of aryl methyl sites for hydroxylation is 1. The van der Waals surface area contributed by atoms with Crippen molar-refractivity contribution in [1.82, 2.24) is 9.55 Å². The van der Waals surface area contributed by atoms with E-state index >= 15 is 0 Å². The van der Waals surface area contributed by atoms with Crippen LogP contribution in [0, 0.1) is 0 Å². The molecule has 19 heavy (non-hydrogen) atoms. The number of hydrogen-bond acceptors (Lipinski definition) is 2. The lowest BCUT2D eigenvalue weighted by atomic mass is 10.1. The number of nitrogens with two attached hydrogens (primary N) is 1. The number of anilines is 1. The summed E-state index contributed by atoms with van der Waals surface area (Å²) >= 11 is 0. The summed E-state index contributed by atoms with van der Waals surface area (Å²) in [6.45, 7) is 1.92. The van der Waals surface area contributed by atoms with Crippen molar-refractivity contribution in [2.24, 2.45) is 0 Å². The van der Waals surface area contributed by atoms with Gasteiger partial charge in [0.15, 0.2) is 0 Å². The first-order chi connectivity index (χ1) is 8.40. The zero-order chi connectivity index (χ0) is 13.3. The summed E-state index contributed by atoms with van der Waals surface area (Å²) in [5.74, 6) is 0. The van der Waals surface area contributed by atoms with Crippen molar-refractivity contribution in [3.8, 4) is 5.69 Å². The molecule has 7 heteroatoms. The maximum absolute atomic E-state index is 12.7. The van der Waals surface area contributed by atoms with E-state index in [-0.39, 0.29) is 18.1 Å². The molecule has 1 aromatic heterocycles. The van der Waals surface area contributed by atoms with Gasteiger partial charge < -0.3 is 10.3 Å². The molecule has 0 aliphatic heterocycles. The molecule has 0 spiro atoms. The highest BCUT2D eigenvalue weighted by molar-refractivity contribution is 5.85. The minimum absolute atomic E-state index is 0. The number of benzene rings is 1. The fourth-order valence-electron chi connectivity index (χ4n) is 1.63. The fraction of sp³-hybridized carbons (Fsp3) is 0.250. The summed E-state index contributed by atoms with van der Waals surface area (Å²) < 4.78 is 39.5. The van der Waals surface area contributed by atoms with Crippen molar-refractivity contribution in [2.75, 3.05) is 5.73 Å². The van der Waals surface area contributed by atoms with Gasteiger partial charge in [0.2, 0.25) is 0 Å². The third kappa shape index (κ3) is 3.41. The molecular weight excluding hydrogens is 279 g/mol. The maximum Gasteiger partial charge on any atom is 0.416 e. The third-order valence-corrected chi connectivity index (χ3v) is 2.56. The summed E-state index contributed by atoms with van der Waals surface area (Å²) in [5.41, 5.74) is 5.98. The number of halogens is 4. The molecule has 0 bridgehead atoms. The fourth-order valence-corrected chi connectivity index (χ4v) is 1.63. The average molecular weight is 292 g/mol. The highest BCUT2D eigenvalue weighted by Gasteiger charge is 2.31. The first-order valence-corrected chi connectivity index (χ1v) is 5.41. The Labute approximate surface area is 114 Å². The Balaban J connectivity index is 0.00000180. The molecule has 0 saturated carbocycles. The zero-order valence-electron chi connectivity index (χ0n) is 10.1. The maximum atomic E-state index is 12.7. The lowest BCUT2D eigenvalue weighted by Crippen LogP contribution is -2.07. The number of aromatic nitrogens is 2. The van der Waals surface area contributed by atoms with Gasteiger partial charge in [0.1, 0.15) is 0 Å². The van der Waals surface area contributed by atoms with E-state index < -0.39 is 11.7 Å². The highest BCUT2D eigenvalue weighted by atomic mass is 35.5. The van der Waals surface area contributed by atoms with Crippen molar-refractivity contribution < 1.29 is 13.2 Å². The van der Waals surface area contributed by atoms with Crippen LogP contribution in [0.25, 0.3) is 5.69 Å². The van der Waals surface area contributed by atoms with E-state index in [1.807, 2.05) is 6.92 Å². The highest BCUT2D eigenvalue weighted by Crippen LogP contribution is 2.32. The van der Waals surface area contributed by atoms with Crippen LogP contribution in [-0.4, -0.2) is 9.55 Å². The predicted octanol–water partition coefficient (Wildman–Crippen LogP) is 3.46. The van der Waals surface area contributed by atoms with E-state index in [9.17, 15) is 13.2 Å². The minimum atomic E-state index is -4.40. The molecule has 0 aliphatic carbocycles. The molecule has 2 rings (SSSR count). The molecule has 0 amide bonds. The van der Waals surface area contributed by atoms with Crippen LogP contribution >= 0.6 is 12.4 Å². The molecule has 1 heterocycles. The minimum Gasteiger partial charge on any atom is -0.399 e. The van der Waals surface area contributed by atoms with Crippen LogP contribution in [0.1, 0.15) is 18.2 Å². The van der Waals surface area contributed by atoms with E-state index in [0.717, 1.165) is 24.2 Å². The van der Waals surface area contributed by atoms with E-state index in [0.29, 0.717) is 5.69 Å². The number of rotatable bonds is 2. The van der Waals surface area contributed by atoms with Gasteiger partial charge in [0.25, 0.3) is 0 Å². The monoisotopic (exact) mass is 291 g/mol. The zero-order valence-corrected chi connectivity index (χ0v) is 10.9. The van der Waals surface area contributed by atoms with Gasteiger partial charge in [-0.1, -0.05) is 6.92 Å². The average Bonchev–Trinajstić information content (AvgIpc) is 2.75. The molecule has 3 nitrogen and oxygen atoms in total. The van der Waals surface area contributed by atoms with Gasteiger partial charge in [-0.05, 0) is 24.6 Å². The molecule has 0 aliphatic rings. The van der Waals surface area contributed by atoms with Gasteiger partial charge in [-0.3, -0.25) is 0 Å². The molecule has 1 aromatic carbocycles. The van der Waals surface area contributed by atoms with Crippen molar-refractivity contribution in [3.63, 3.8) is 0 Å². The summed E-state index contributed by atoms with van der Waals surface area (Å²) in [7, 11) is 0. The Morgan fingerprint density at radius 1 is 1.26 bits per heavy atom. The van der Waals surface area contributed by atoms with Gasteiger partial charge in [-0.15, -0.1) is 12.4 Å². The largest absolute Gasteiger partial charge is 0.416 e. The van der Waals surface area contributed by atoms with E-state index in [4.69, 9.17) is 5.73 Å². The second-order valence-electron chi connectivity index (χ2n) is 3.94. The third-order valence-electron chi connectivity index (χ3n) is 2.56.